The Morgan fingerprint density at radius 3 is 2.61 bits per heavy atom. The number of rotatable bonds is 1. The molecule has 1 heterocycles. The highest BCUT2D eigenvalue weighted by Crippen LogP contribution is 2.22. The number of hydrazone groups is 1. The third kappa shape index (κ3) is 2.41. The van der Waals surface area contributed by atoms with Gasteiger partial charge in [-0.05, 0) is 31.9 Å². The van der Waals surface area contributed by atoms with Gasteiger partial charge in [0.15, 0.2) is 0 Å². The third-order valence-corrected chi connectivity index (χ3v) is 3.93. The second-order valence-corrected chi connectivity index (χ2v) is 5.31. The Morgan fingerprint density at radius 2 is 1.78 bits per heavy atom. The average molecular weight is 243 g/mol. The van der Waals surface area contributed by atoms with Crippen molar-refractivity contribution >= 4 is 5.71 Å². The largest absolute Gasteiger partial charge is 0.303 e. The molecule has 0 bridgehead atoms. The van der Waals surface area contributed by atoms with Gasteiger partial charge in [0.2, 0.25) is 0 Å². The number of hydrogen-bond donors (Lipinski definition) is 0. The first kappa shape index (κ1) is 11.7. The molecule has 3 heteroatoms. The van der Waals surface area contributed by atoms with Gasteiger partial charge in [0.25, 0.3) is 0 Å². The lowest BCUT2D eigenvalue weighted by atomic mass is 9.90. The number of piperazine rings is 1. The molecule has 18 heavy (non-hydrogen) atoms. The Bertz CT molecular complexity index is 445. The summed E-state index contributed by atoms with van der Waals surface area (Å²) in [4.78, 5) is 2.37. The van der Waals surface area contributed by atoms with E-state index in [4.69, 9.17) is 5.10 Å². The number of fused-ring (bicyclic) bond motifs is 1. The Morgan fingerprint density at radius 1 is 1.00 bits per heavy atom. The Labute approximate surface area is 109 Å². The van der Waals surface area contributed by atoms with E-state index in [1.54, 1.807) is 0 Å². The smallest absolute Gasteiger partial charge is 0.0680 e. The highest BCUT2D eigenvalue weighted by atomic mass is 15.5. The normalized spacial score (nSPS) is 23.2. The predicted octanol–water partition coefficient (Wildman–Crippen LogP) is 1.97. The van der Waals surface area contributed by atoms with Gasteiger partial charge in [0, 0.05) is 31.7 Å². The number of hydrogen-bond acceptors (Lipinski definition) is 3. The third-order valence-electron chi connectivity index (χ3n) is 3.93. The zero-order valence-corrected chi connectivity index (χ0v) is 11.1. The van der Waals surface area contributed by atoms with Crippen LogP contribution in [0, 0.1) is 0 Å². The molecule has 1 aromatic carbocycles. The van der Waals surface area contributed by atoms with E-state index in [1.807, 2.05) is 0 Å². The quantitative estimate of drug-likeness (QED) is 0.751. The molecular weight excluding hydrogens is 222 g/mol. The van der Waals surface area contributed by atoms with Crippen LogP contribution in [0.1, 0.15) is 24.0 Å². The molecular formula is C15H21N3. The predicted molar refractivity (Wildman–Crippen MR) is 75.0 cm³/mol. The van der Waals surface area contributed by atoms with Crippen LogP contribution in [0.5, 0.6) is 0 Å². The highest BCUT2D eigenvalue weighted by Gasteiger charge is 2.17. The SMILES string of the molecule is CN1CCN(/N=C2\CCCc3ccccc32)CC1. The molecule has 1 fully saturated rings. The zero-order chi connectivity index (χ0) is 12.4. The first-order valence-electron chi connectivity index (χ1n) is 6.92. The molecule has 0 spiro atoms. The molecule has 2 aliphatic rings. The number of aryl methyl sites for hydroxylation is 1. The van der Waals surface area contributed by atoms with Gasteiger partial charge in [-0.1, -0.05) is 24.3 Å². The van der Waals surface area contributed by atoms with Gasteiger partial charge in [-0.3, -0.25) is 5.01 Å². The van der Waals surface area contributed by atoms with E-state index < -0.39 is 0 Å². The summed E-state index contributed by atoms with van der Waals surface area (Å²) in [5.74, 6) is 0. The molecule has 96 valence electrons. The minimum absolute atomic E-state index is 1.06. The Kier molecular flexibility index (Phi) is 3.33. The van der Waals surface area contributed by atoms with Crippen molar-refractivity contribution in [2.45, 2.75) is 19.3 Å². The monoisotopic (exact) mass is 243 g/mol. The lowest BCUT2D eigenvalue weighted by molar-refractivity contribution is 0.158. The second-order valence-electron chi connectivity index (χ2n) is 5.31. The van der Waals surface area contributed by atoms with Crippen molar-refractivity contribution in [2.24, 2.45) is 5.10 Å². The number of nitrogens with zero attached hydrogens (tertiary/aromatic N) is 3. The molecule has 0 saturated carbocycles. The van der Waals surface area contributed by atoms with E-state index in [0.29, 0.717) is 0 Å². The van der Waals surface area contributed by atoms with Crippen LogP contribution >= 0.6 is 0 Å². The van der Waals surface area contributed by atoms with Crippen molar-refractivity contribution in [1.29, 1.82) is 0 Å². The van der Waals surface area contributed by atoms with E-state index in [0.717, 1.165) is 32.6 Å². The molecule has 3 rings (SSSR count). The van der Waals surface area contributed by atoms with Crippen molar-refractivity contribution < 1.29 is 0 Å². The lowest BCUT2D eigenvalue weighted by Gasteiger charge is -2.31. The van der Waals surface area contributed by atoms with Crippen LogP contribution in [0.2, 0.25) is 0 Å². The van der Waals surface area contributed by atoms with Crippen LogP contribution in [-0.4, -0.2) is 48.8 Å². The average Bonchev–Trinajstić information content (AvgIpc) is 2.42. The fourth-order valence-corrected chi connectivity index (χ4v) is 2.77. The van der Waals surface area contributed by atoms with Crippen molar-refractivity contribution in [3.63, 3.8) is 0 Å². The summed E-state index contributed by atoms with van der Waals surface area (Å²) in [6.45, 7) is 4.36. The Balaban J connectivity index is 1.81. The van der Waals surface area contributed by atoms with Gasteiger partial charge in [-0.15, -0.1) is 0 Å². The van der Waals surface area contributed by atoms with E-state index in [9.17, 15) is 0 Å². The fraction of sp³-hybridized carbons (Fsp3) is 0.533. The van der Waals surface area contributed by atoms with Crippen LogP contribution in [0.15, 0.2) is 29.4 Å². The maximum absolute atomic E-state index is 4.89. The number of likely N-dealkylation sites (N-methyl/N-ethyl adjacent to an activating group) is 1. The van der Waals surface area contributed by atoms with Gasteiger partial charge in [-0.2, -0.15) is 5.10 Å². The van der Waals surface area contributed by atoms with Gasteiger partial charge in [0.05, 0.1) is 5.71 Å². The molecule has 0 unspecified atom stereocenters. The molecule has 1 aromatic rings. The molecule has 0 atom stereocenters. The van der Waals surface area contributed by atoms with Crippen LogP contribution in [-0.2, 0) is 6.42 Å². The summed E-state index contributed by atoms with van der Waals surface area (Å²) in [6.07, 6.45) is 3.57. The lowest BCUT2D eigenvalue weighted by Crippen LogP contribution is -2.42. The summed E-state index contributed by atoms with van der Waals surface area (Å²) < 4.78 is 0. The van der Waals surface area contributed by atoms with Gasteiger partial charge in [-0.25, -0.2) is 0 Å². The van der Waals surface area contributed by atoms with Crippen molar-refractivity contribution in [3.8, 4) is 0 Å². The van der Waals surface area contributed by atoms with Crippen LogP contribution in [0.25, 0.3) is 0 Å². The van der Waals surface area contributed by atoms with E-state index in [2.05, 4.69) is 41.2 Å². The fourth-order valence-electron chi connectivity index (χ4n) is 2.77. The summed E-state index contributed by atoms with van der Waals surface area (Å²) >= 11 is 0. The summed E-state index contributed by atoms with van der Waals surface area (Å²) in [5, 5.41) is 7.14. The van der Waals surface area contributed by atoms with E-state index in [1.165, 1.54) is 29.7 Å². The standard InChI is InChI=1S/C15H21N3/c1-17-9-11-18(12-10-17)16-15-8-4-6-13-5-2-3-7-14(13)15/h2-3,5,7H,4,6,8-12H2,1H3/b16-15+. The molecule has 0 radical (unpaired) electrons. The van der Waals surface area contributed by atoms with Gasteiger partial charge in [0.1, 0.15) is 0 Å². The highest BCUT2D eigenvalue weighted by molar-refractivity contribution is 6.02. The van der Waals surface area contributed by atoms with Crippen molar-refractivity contribution in [3.05, 3.63) is 35.4 Å². The molecule has 1 aliphatic heterocycles. The van der Waals surface area contributed by atoms with Crippen molar-refractivity contribution in [2.75, 3.05) is 33.2 Å². The first-order valence-corrected chi connectivity index (χ1v) is 6.92. The Hall–Kier alpha value is -1.35. The topological polar surface area (TPSA) is 18.8 Å². The molecule has 0 N–H and O–H groups in total. The van der Waals surface area contributed by atoms with Crippen LogP contribution < -0.4 is 0 Å². The first-order chi connectivity index (χ1) is 8.83. The van der Waals surface area contributed by atoms with Gasteiger partial charge >= 0.3 is 0 Å². The van der Waals surface area contributed by atoms with E-state index >= 15 is 0 Å². The molecule has 1 aliphatic carbocycles. The summed E-state index contributed by atoms with van der Waals surface area (Å²) in [5.41, 5.74) is 4.14. The zero-order valence-electron chi connectivity index (χ0n) is 11.1. The van der Waals surface area contributed by atoms with Crippen LogP contribution in [0.3, 0.4) is 0 Å². The maximum atomic E-state index is 4.89. The molecule has 3 nitrogen and oxygen atoms in total. The minimum Gasteiger partial charge on any atom is -0.303 e. The van der Waals surface area contributed by atoms with Crippen molar-refractivity contribution in [1.82, 2.24) is 9.91 Å². The number of benzene rings is 1. The minimum atomic E-state index is 1.06. The molecule has 0 aromatic heterocycles. The second kappa shape index (κ2) is 5.11. The molecule has 0 amide bonds. The summed E-state index contributed by atoms with van der Waals surface area (Å²) in [6, 6.07) is 8.73. The van der Waals surface area contributed by atoms with E-state index in [-0.39, 0.29) is 0 Å². The van der Waals surface area contributed by atoms with Crippen LogP contribution in [0.4, 0.5) is 0 Å². The summed E-state index contributed by atoms with van der Waals surface area (Å²) in [7, 11) is 2.18. The molecule has 1 saturated heterocycles. The maximum Gasteiger partial charge on any atom is 0.0680 e. The van der Waals surface area contributed by atoms with Gasteiger partial charge < -0.3 is 4.90 Å².